The zero-order valence-corrected chi connectivity index (χ0v) is 10.5. The minimum absolute atomic E-state index is 0.415. The molecular formula is C14H11N5O. The predicted molar refractivity (Wildman–Crippen MR) is 74.0 cm³/mol. The minimum atomic E-state index is 0.415. The number of nitrogens with zero attached hydrogens (tertiary/aromatic N) is 4. The van der Waals surface area contributed by atoms with Crippen molar-refractivity contribution in [2.75, 3.05) is 5.73 Å². The van der Waals surface area contributed by atoms with Crippen LogP contribution in [0.5, 0.6) is 11.6 Å². The molecule has 2 heterocycles. The molecule has 0 atom stereocenters. The Labute approximate surface area is 115 Å². The molecule has 98 valence electrons. The largest absolute Gasteiger partial charge is 0.439 e. The lowest BCUT2D eigenvalue weighted by Crippen LogP contribution is -1.96. The van der Waals surface area contributed by atoms with Crippen molar-refractivity contribution in [2.45, 2.75) is 0 Å². The number of nitrogens with two attached hydrogens (primary N) is 1. The van der Waals surface area contributed by atoms with Gasteiger partial charge in [0, 0.05) is 30.3 Å². The first-order valence-corrected chi connectivity index (χ1v) is 5.95. The zero-order chi connectivity index (χ0) is 13.8. The van der Waals surface area contributed by atoms with E-state index >= 15 is 0 Å². The van der Waals surface area contributed by atoms with E-state index in [1.807, 2.05) is 0 Å². The third kappa shape index (κ3) is 2.69. The van der Waals surface area contributed by atoms with E-state index in [2.05, 4.69) is 19.9 Å². The molecule has 6 heteroatoms. The third-order valence-corrected chi connectivity index (χ3v) is 2.50. The molecule has 0 aliphatic rings. The molecule has 0 saturated carbocycles. The van der Waals surface area contributed by atoms with Gasteiger partial charge in [-0.15, -0.1) is 0 Å². The summed E-state index contributed by atoms with van der Waals surface area (Å²) in [5, 5.41) is 0. The van der Waals surface area contributed by atoms with E-state index in [1.165, 1.54) is 0 Å². The Morgan fingerprint density at radius 2 is 1.50 bits per heavy atom. The SMILES string of the molecule is Nc1ccc(Oc2ccnc(-c3ncccn3)n2)cc1. The number of nitrogen functional groups attached to an aromatic ring is 1. The first-order valence-electron chi connectivity index (χ1n) is 5.95. The van der Waals surface area contributed by atoms with Crippen molar-refractivity contribution >= 4 is 5.69 Å². The van der Waals surface area contributed by atoms with Crippen LogP contribution in [0.2, 0.25) is 0 Å². The highest BCUT2D eigenvalue weighted by Crippen LogP contribution is 2.21. The highest BCUT2D eigenvalue weighted by atomic mass is 16.5. The van der Waals surface area contributed by atoms with Gasteiger partial charge in [0.2, 0.25) is 11.7 Å². The van der Waals surface area contributed by atoms with E-state index in [0.717, 1.165) is 0 Å². The van der Waals surface area contributed by atoms with Crippen LogP contribution < -0.4 is 10.5 Å². The molecule has 0 amide bonds. The highest BCUT2D eigenvalue weighted by molar-refractivity contribution is 5.44. The summed E-state index contributed by atoms with van der Waals surface area (Å²) in [6, 6.07) is 10.5. The number of hydrogen-bond acceptors (Lipinski definition) is 6. The van der Waals surface area contributed by atoms with E-state index in [0.29, 0.717) is 29.0 Å². The summed E-state index contributed by atoms with van der Waals surface area (Å²) in [5.74, 6) is 1.94. The number of anilines is 1. The van der Waals surface area contributed by atoms with E-state index < -0.39 is 0 Å². The molecule has 0 aliphatic heterocycles. The second-order valence-electron chi connectivity index (χ2n) is 3.96. The van der Waals surface area contributed by atoms with Crippen molar-refractivity contribution in [1.29, 1.82) is 0 Å². The standard InChI is InChI=1S/C14H11N5O/c15-10-2-4-11(5-3-10)20-12-6-9-18-14(19-12)13-16-7-1-8-17-13/h1-9H,15H2. The van der Waals surface area contributed by atoms with Crippen LogP contribution in [0.25, 0.3) is 11.6 Å². The molecule has 0 bridgehead atoms. The normalized spacial score (nSPS) is 10.2. The monoisotopic (exact) mass is 265 g/mol. The molecular weight excluding hydrogens is 254 g/mol. The molecule has 0 aliphatic carbocycles. The van der Waals surface area contributed by atoms with Crippen LogP contribution in [0.1, 0.15) is 0 Å². The summed E-state index contributed by atoms with van der Waals surface area (Å²) < 4.78 is 5.63. The van der Waals surface area contributed by atoms with Gasteiger partial charge in [0.15, 0.2) is 5.82 Å². The predicted octanol–water partition coefficient (Wildman–Crippen LogP) is 2.31. The second kappa shape index (κ2) is 5.31. The van der Waals surface area contributed by atoms with Gasteiger partial charge in [0.25, 0.3) is 0 Å². The molecule has 2 N–H and O–H groups in total. The van der Waals surface area contributed by atoms with Gasteiger partial charge in [0.1, 0.15) is 5.75 Å². The molecule has 2 aromatic heterocycles. The Morgan fingerprint density at radius 3 is 2.25 bits per heavy atom. The van der Waals surface area contributed by atoms with Gasteiger partial charge in [-0.3, -0.25) is 0 Å². The first kappa shape index (κ1) is 12.0. The summed E-state index contributed by atoms with van der Waals surface area (Å²) in [6.45, 7) is 0. The van der Waals surface area contributed by atoms with Crippen LogP contribution in [-0.4, -0.2) is 19.9 Å². The van der Waals surface area contributed by atoms with Gasteiger partial charge < -0.3 is 10.5 Å². The second-order valence-corrected chi connectivity index (χ2v) is 3.96. The third-order valence-electron chi connectivity index (χ3n) is 2.50. The lowest BCUT2D eigenvalue weighted by molar-refractivity contribution is 0.462. The summed E-state index contributed by atoms with van der Waals surface area (Å²) >= 11 is 0. The quantitative estimate of drug-likeness (QED) is 0.731. The molecule has 0 unspecified atom stereocenters. The maximum absolute atomic E-state index is 5.63. The lowest BCUT2D eigenvalue weighted by Gasteiger charge is -2.05. The van der Waals surface area contributed by atoms with Gasteiger partial charge in [-0.25, -0.2) is 15.0 Å². The molecule has 0 fully saturated rings. The maximum atomic E-state index is 5.63. The smallest absolute Gasteiger partial charge is 0.222 e. The molecule has 0 saturated heterocycles. The van der Waals surface area contributed by atoms with Crippen molar-refractivity contribution in [1.82, 2.24) is 19.9 Å². The van der Waals surface area contributed by atoms with Crippen LogP contribution in [0.3, 0.4) is 0 Å². The Morgan fingerprint density at radius 1 is 0.800 bits per heavy atom. The van der Waals surface area contributed by atoms with Crippen LogP contribution in [-0.2, 0) is 0 Å². The van der Waals surface area contributed by atoms with Crippen molar-refractivity contribution in [2.24, 2.45) is 0 Å². The fourth-order valence-electron chi connectivity index (χ4n) is 1.58. The van der Waals surface area contributed by atoms with Crippen molar-refractivity contribution < 1.29 is 4.74 Å². The Hall–Kier alpha value is -3.02. The number of ether oxygens (including phenoxy) is 1. The maximum Gasteiger partial charge on any atom is 0.222 e. The van der Waals surface area contributed by atoms with Gasteiger partial charge >= 0.3 is 0 Å². The van der Waals surface area contributed by atoms with Gasteiger partial charge in [-0.1, -0.05) is 0 Å². The van der Waals surface area contributed by atoms with Gasteiger partial charge in [-0.05, 0) is 30.3 Å². The summed E-state index contributed by atoms with van der Waals surface area (Å²) in [5.41, 5.74) is 6.30. The lowest BCUT2D eigenvalue weighted by atomic mass is 10.3. The summed E-state index contributed by atoms with van der Waals surface area (Å²) in [6.07, 6.45) is 4.88. The summed E-state index contributed by atoms with van der Waals surface area (Å²) in [7, 11) is 0. The number of hydrogen-bond donors (Lipinski definition) is 1. The molecule has 6 nitrogen and oxygen atoms in total. The van der Waals surface area contributed by atoms with E-state index in [9.17, 15) is 0 Å². The molecule has 0 spiro atoms. The minimum Gasteiger partial charge on any atom is -0.439 e. The van der Waals surface area contributed by atoms with Gasteiger partial charge in [0.05, 0.1) is 0 Å². The fourth-order valence-corrected chi connectivity index (χ4v) is 1.58. The fraction of sp³-hybridized carbons (Fsp3) is 0. The van der Waals surface area contributed by atoms with Crippen LogP contribution in [0, 0.1) is 0 Å². The average molecular weight is 265 g/mol. The van der Waals surface area contributed by atoms with E-state index in [4.69, 9.17) is 10.5 Å². The zero-order valence-electron chi connectivity index (χ0n) is 10.5. The van der Waals surface area contributed by atoms with Crippen LogP contribution >= 0.6 is 0 Å². The molecule has 3 rings (SSSR count). The van der Waals surface area contributed by atoms with Gasteiger partial charge in [-0.2, -0.15) is 4.98 Å². The molecule has 1 aromatic carbocycles. The molecule has 3 aromatic rings. The van der Waals surface area contributed by atoms with Crippen molar-refractivity contribution in [3.8, 4) is 23.3 Å². The van der Waals surface area contributed by atoms with Crippen LogP contribution in [0.4, 0.5) is 5.69 Å². The van der Waals surface area contributed by atoms with Crippen molar-refractivity contribution in [3.05, 3.63) is 55.0 Å². The number of rotatable bonds is 3. The Bertz CT molecular complexity index is 700. The Balaban J connectivity index is 1.86. The highest BCUT2D eigenvalue weighted by Gasteiger charge is 2.06. The Kier molecular flexibility index (Phi) is 3.20. The van der Waals surface area contributed by atoms with Crippen LogP contribution in [0.15, 0.2) is 55.0 Å². The van der Waals surface area contributed by atoms with Crippen molar-refractivity contribution in [3.63, 3.8) is 0 Å². The van der Waals surface area contributed by atoms with E-state index in [-0.39, 0.29) is 0 Å². The number of aromatic nitrogens is 4. The molecule has 20 heavy (non-hydrogen) atoms. The first-order chi connectivity index (χ1) is 9.81. The summed E-state index contributed by atoms with van der Waals surface area (Å²) in [4.78, 5) is 16.6. The topological polar surface area (TPSA) is 86.8 Å². The van der Waals surface area contributed by atoms with E-state index in [1.54, 1.807) is 55.0 Å². The molecule has 0 radical (unpaired) electrons. The number of benzene rings is 1. The average Bonchev–Trinajstić information content (AvgIpc) is 2.51.